The Morgan fingerprint density at radius 2 is 2.25 bits per heavy atom. The summed E-state index contributed by atoms with van der Waals surface area (Å²) in [5.74, 6) is -0.192. The largest absolute Gasteiger partial charge is 0.289 e. The minimum Gasteiger partial charge on any atom is -0.289 e. The molecule has 0 aliphatic heterocycles. The van der Waals surface area contributed by atoms with E-state index in [2.05, 4.69) is 30.5 Å². The lowest BCUT2D eigenvalue weighted by Crippen LogP contribution is -2.30. The molecule has 0 unspecified atom stereocenters. The Hall–Kier alpha value is -3.10. The molecule has 9 heteroatoms. The van der Waals surface area contributed by atoms with Crippen LogP contribution in [0.1, 0.15) is 26.8 Å². The van der Waals surface area contributed by atoms with Gasteiger partial charge in [-0.15, -0.1) is 11.3 Å². The Kier molecular flexibility index (Phi) is 5.14. The monoisotopic (exact) mass is 410 g/mol. The highest BCUT2D eigenvalue weighted by Crippen LogP contribution is 2.19. The van der Waals surface area contributed by atoms with Crippen LogP contribution in [0, 0.1) is 6.92 Å². The molecule has 2 heterocycles. The average molecular weight is 411 g/mol. The molecular weight excluding hydrogens is 396 g/mol. The number of halogens is 1. The van der Waals surface area contributed by atoms with Gasteiger partial charge in [0.1, 0.15) is 5.69 Å². The molecule has 2 N–H and O–H groups in total. The lowest BCUT2D eigenvalue weighted by Gasteiger charge is -2.09. The van der Waals surface area contributed by atoms with Gasteiger partial charge in [0.2, 0.25) is 5.96 Å². The number of guanidine groups is 1. The van der Waals surface area contributed by atoms with Crippen LogP contribution in [0.15, 0.2) is 51.9 Å². The molecule has 0 atom stereocenters. The first-order valence-electron chi connectivity index (χ1n) is 8.42. The van der Waals surface area contributed by atoms with Gasteiger partial charge < -0.3 is 0 Å². The highest BCUT2D eigenvalue weighted by Gasteiger charge is 2.15. The van der Waals surface area contributed by atoms with Crippen LogP contribution in [0.2, 0.25) is 5.02 Å². The van der Waals surface area contributed by atoms with E-state index >= 15 is 0 Å². The molecule has 2 aromatic heterocycles. The number of benzene rings is 1. The fourth-order valence-corrected chi connectivity index (χ4v) is 3.41. The molecule has 1 aliphatic rings. The summed E-state index contributed by atoms with van der Waals surface area (Å²) < 4.78 is 0. The third-order valence-electron chi connectivity index (χ3n) is 3.93. The highest BCUT2D eigenvalue weighted by atomic mass is 35.5. The maximum absolute atomic E-state index is 12.5. The summed E-state index contributed by atoms with van der Waals surface area (Å²) in [5.41, 5.74) is 3.66. The van der Waals surface area contributed by atoms with Gasteiger partial charge in [0, 0.05) is 28.1 Å². The number of hydrogen-bond donors (Lipinski definition) is 2. The molecule has 1 amide bonds. The van der Waals surface area contributed by atoms with Crippen LogP contribution < -0.4 is 5.32 Å². The van der Waals surface area contributed by atoms with Crippen molar-refractivity contribution in [3.8, 4) is 0 Å². The van der Waals surface area contributed by atoms with E-state index < -0.39 is 0 Å². The summed E-state index contributed by atoms with van der Waals surface area (Å²) in [4.78, 5) is 25.8. The van der Waals surface area contributed by atoms with E-state index in [4.69, 9.17) is 11.6 Å². The minimum absolute atomic E-state index is 0.171. The first-order chi connectivity index (χ1) is 13.6. The lowest BCUT2D eigenvalue weighted by atomic mass is 10.0. The van der Waals surface area contributed by atoms with E-state index in [1.165, 1.54) is 11.3 Å². The molecule has 140 valence electrons. The van der Waals surface area contributed by atoms with Gasteiger partial charge >= 0.3 is 0 Å². The van der Waals surface area contributed by atoms with Gasteiger partial charge in [0.15, 0.2) is 0 Å². The number of carbonyl (C=O) groups is 1. The van der Waals surface area contributed by atoms with Crippen LogP contribution in [-0.2, 0) is 6.42 Å². The minimum atomic E-state index is -0.363. The third kappa shape index (κ3) is 4.24. The van der Waals surface area contributed by atoms with Crippen molar-refractivity contribution in [1.29, 1.82) is 0 Å². The Bertz CT molecular complexity index is 1130. The van der Waals surface area contributed by atoms with Crippen molar-refractivity contribution >= 4 is 52.3 Å². The van der Waals surface area contributed by atoms with Gasteiger partial charge in [0.05, 0.1) is 22.6 Å². The van der Waals surface area contributed by atoms with Gasteiger partial charge in [-0.2, -0.15) is 5.10 Å². The van der Waals surface area contributed by atoms with Gasteiger partial charge in [-0.1, -0.05) is 17.7 Å². The number of allylic oxidation sites excluding steroid dienone is 1. The number of hydrogen-bond acceptors (Lipinski definition) is 5. The summed E-state index contributed by atoms with van der Waals surface area (Å²) in [6, 6.07) is 7.03. The van der Waals surface area contributed by atoms with Gasteiger partial charge in [-0.25, -0.2) is 15.0 Å². The standard InChI is InChI=1S/C19H15ClN6OS/c1-11-22-17(10-28-11)18(27)25-19(23-14-4-2-3-13(20)8-14)24-15-5-6-16-12(7-15)9-21-26-16/h2-6,8-10H,7H2,1H3,(H,21,26)(H,23,25,27). The molecule has 0 fully saturated rings. The number of carbonyl (C=O) groups excluding carboxylic acids is 1. The molecule has 0 bridgehead atoms. The zero-order chi connectivity index (χ0) is 19.5. The highest BCUT2D eigenvalue weighted by molar-refractivity contribution is 7.09. The van der Waals surface area contributed by atoms with Crippen molar-refractivity contribution < 1.29 is 4.79 Å². The first-order valence-corrected chi connectivity index (χ1v) is 9.68. The normalized spacial score (nSPS) is 14.9. The Morgan fingerprint density at radius 3 is 3.04 bits per heavy atom. The maximum Gasteiger partial charge on any atom is 0.277 e. The van der Waals surface area contributed by atoms with E-state index in [0.29, 0.717) is 22.8 Å². The molecular formula is C19H15ClN6OS. The van der Waals surface area contributed by atoms with E-state index in [0.717, 1.165) is 22.0 Å². The number of thiazole rings is 1. The first kappa shape index (κ1) is 18.3. The van der Waals surface area contributed by atoms with Crippen LogP contribution in [0.3, 0.4) is 0 Å². The molecule has 28 heavy (non-hydrogen) atoms. The van der Waals surface area contributed by atoms with Crippen LogP contribution in [0.5, 0.6) is 0 Å². The molecule has 1 aromatic carbocycles. The van der Waals surface area contributed by atoms with Crippen LogP contribution >= 0.6 is 22.9 Å². The summed E-state index contributed by atoms with van der Waals surface area (Å²) in [6.07, 6.45) is 6.11. The number of aromatic amines is 1. The summed E-state index contributed by atoms with van der Waals surface area (Å²) in [5, 5.41) is 12.8. The number of H-pyrrole nitrogens is 1. The Balaban J connectivity index is 1.65. The smallest absolute Gasteiger partial charge is 0.277 e. The zero-order valence-corrected chi connectivity index (χ0v) is 16.4. The Labute approximate surface area is 169 Å². The van der Waals surface area contributed by atoms with Gasteiger partial charge in [-0.3, -0.25) is 15.2 Å². The van der Waals surface area contributed by atoms with E-state index in [1.807, 2.05) is 19.1 Å². The number of aliphatic imine (C=N–C) groups is 2. The summed E-state index contributed by atoms with van der Waals surface area (Å²) in [6.45, 7) is 1.85. The van der Waals surface area contributed by atoms with Gasteiger partial charge in [0.25, 0.3) is 5.91 Å². The molecule has 3 aromatic rings. The fourth-order valence-electron chi connectivity index (χ4n) is 2.63. The fraction of sp³-hybridized carbons (Fsp3) is 0.105. The van der Waals surface area contributed by atoms with Crippen molar-refractivity contribution in [2.45, 2.75) is 13.3 Å². The topological polar surface area (TPSA) is 95.4 Å². The number of rotatable bonds is 2. The van der Waals surface area contributed by atoms with Gasteiger partial charge in [-0.05, 0) is 37.3 Å². The van der Waals surface area contributed by atoms with Crippen molar-refractivity contribution in [3.63, 3.8) is 0 Å². The van der Waals surface area contributed by atoms with E-state index in [-0.39, 0.29) is 11.9 Å². The Morgan fingerprint density at radius 1 is 1.36 bits per heavy atom. The summed E-state index contributed by atoms with van der Waals surface area (Å²) >= 11 is 7.45. The zero-order valence-electron chi connectivity index (χ0n) is 14.8. The number of nitrogens with zero attached hydrogens (tertiary/aromatic N) is 4. The number of amides is 1. The second-order valence-electron chi connectivity index (χ2n) is 6.04. The van der Waals surface area contributed by atoms with E-state index in [9.17, 15) is 4.79 Å². The molecule has 1 aliphatic carbocycles. The molecule has 4 rings (SSSR count). The predicted octanol–water partition coefficient (Wildman–Crippen LogP) is 3.96. The number of aryl methyl sites for hydroxylation is 1. The molecule has 7 nitrogen and oxygen atoms in total. The third-order valence-corrected chi connectivity index (χ3v) is 4.94. The lowest BCUT2D eigenvalue weighted by molar-refractivity contribution is 0.0972. The number of aromatic nitrogens is 3. The maximum atomic E-state index is 12.5. The van der Waals surface area contributed by atoms with Crippen molar-refractivity contribution in [2.24, 2.45) is 9.98 Å². The summed E-state index contributed by atoms with van der Waals surface area (Å²) in [7, 11) is 0. The second-order valence-corrected chi connectivity index (χ2v) is 7.54. The van der Waals surface area contributed by atoms with Crippen molar-refractivity contribution in [2.75, 3.05) is 0 Å². The quantitative estimate of drug-likeness (QED) is 0.494. The van der Waals surface area contributed by atoms with Crippen LogP contribution in [0.4, 0.5) is 5.69 Å². The van der Waals surface area contributed by atoms with Crippen LogP contribution in [-0.4, -0.2) is 32.8 Å². The predicted molar refractivity (Wildman–Crippen MR) is 112 cm³/mol. The SMILES string of the molecule is Cc1nc(C(=O)NC(N=C2C=Cc3[nH]ncc3C2)=Nc2cccc(Cl)c2)cs1. The average Bonchev–Trinajstić information content (AvgIpc) is 3.30. The number of fused-ring (bicyclic) bond motifs is 1. The van der Waals surface area contributed by atoms with Crippen molar-refractivity contribution in [1.82, 2.24) is 20.5 Å². The number of nitrogens with one attached hydrogen (secondary N) is 2. The van der Waals surface area contributed by atoms with Crippen molar-refractivity contribution in [3.05, 3.63) is 68.9 Å². The molecule has 0 radical (unpaired) electrons. The molecule has 0 saturated carbocycles. The second kappa shape index (κ2) is 7.87. The van der Waals surface area contributed by atoms with E-state index in [1.54, 1.807) is 35.8 Å². The molecule has 0 saturated heterocycles. The molecule has 0 spiro atoms. The van der Waals surface area contributed by atoms with Crippen LogP contribution in [0.25, 0.3) is 6.08 Å².